The summed E-state index contributed by atoms with van der Waals surface area (Å²) < 4.78 is 0. The second-order valence-corrected chi connectivity index (χ2v) is 4.36. The zero-order valence-electron chi connectivity index (χ0n) is 10.2. The molecule has 1 atom stereocenters. The molecule has 1 aliphatic heterocycles. The van der Waals surface area contributed by atoms with Crippen molar-refractivity contribution in [1.29, 1.82) is 0 Å². The Hall–Kier alpha value is -2.62. The summed E-state index contributed by atoms with van der Waals surface area (Å²) in [6, 6.07) is 14.7. The molecule has 0 aromatic heterocycles. The van der Waals surface area contributed by atoms with Gasteiger partial charge < -0.3 is 15.8 Å². The summed E-state index contributed by atoms with van der Waals surface area (Å²) in [4.78, 5) is 15.8. The van der Waals surface area contributed by atoms with E-state index < -0.39 is 0 Å². The molecule has 0 fully saturated rings. The summed E-state index contributed by atoms with van der Waals surface area (Å²) >= 11 is 0. The lowest BCUT2D eigenvalue weighted by molar-refractivity contribution is -0.109. The maximum atomic E-state index is 11.2. The SMILES string of the molecule is Nc1ccccc1C1=Nc2ccccc2C(C=O)N1. The van der Waals surface area contributed by atoms with Crippen LogP contribution in [0.5, 0.6) is 0 Å². The standard InChI is InChI=1S/C15H13N3O/c16-12-7-3-1-5-10(12)15-17-13-8-4-2-6-11(13)14(9-19)18-15/h1-9,14H,16H2,(H,17,18). The van der Waals surface area contributed by atoms with Gasteiger partial charge in [-0.05, 0) is 18.2 Å². The van der Waals surface area contributed by atoms with Crippen LogP contribution in [-0.2, 0) is 4.79 Å². The number of benzene rings is 2. The molecule has 0 saturated carbocycles. The van der Waals surface area contributed by atoms with Crippen LogP contribution in [0.25, 0.3) is 0 Å². The van der Waals surface area contributed by atoms with Crippen molar-refractivity contribution in [3.63, 3.8) is 0 Å². The van der Waals surface area contributed by atoms with E-state index in [-0.39, 0.29) is 6.04 Å². The average Bonchev–Trinajstić information content (AvgIpc) is 2.46. The van der Waals surface area contributed by atoms with E-state index >= 15 is 0 Å². The van der Waals surface area contributed by atoms with Gasteiger partial charge in [0.05, 0.1) is 5.69 Å². The van der Waals surface area contributed by atoms with Gasteiger partial charge in [-0.15, -0.1) is 0 Å². The zero-order chi connectivity index (χ0) is 13.2. The lowest BCUT2D eigenvalue weighted by Crippen LogP contribution is -2.33. The maximum absolute atomic E-state index is 11.2. The molecule has 1 aliphatic rings. The Balaban J connectivity index is 2.13. The van der Waals surface area contributed by atoms with Crippen molar-refractivity contribution in [2.45, 2.75) is 6.04 Å². The number of rotatable bonds is 2. The number of anilines is 1. The maximum Gasteiger partial charge on any atom is 0.146 e. The van der Waals surface area contributed by atoms with Gasteiger partial charge in [-0.3, -0.25) is 0 Å². The molecule has 4 nitrogen and oxygen atoms in total. The van der Waals surface area contributed by atoms with Gasteiger partial charge in [0.15, 0.2) is 0 Å². The second kappa shape index (κ2) is 4.57. The Labute approximate surface area is 111 Å². The van der Waals surface area contributed by atoms with Crippen molar-refractivity contribution in [1.82, 2.24) is 5.32 Å². The van der Waals surface area contributed by atoms with Crippen LogP contribution in [0.2, 0.25) is 0 Å². The molecule has 0 spiro atoms. The number of nitrogens with zero attached hydrogens (tertiary/aromatic N) is 1. The third kappa shape index (κ3) is 1.97. The lowest BCUT2D eigenvalue weighted by atomic mass is 10.0. The van der Waals surface area contributed by atoms with Crippen LogP contribution in [0.3, 0.4) is 0 Å². The van der Waals surface area contributed by atoms with E-state index in [9.17, 15) is 4.79 Å². The fourth-order valence-corrected chi connectivity index (χ4v) is 2.19. The van der Waals surface area contributed by atoms with Gasteiger partial charge in [0.25, 0.3) is 0 Å². The topological polar surface area (TPSA) is 67.5 Å². The van der Waals surface area contributed by atoms with Crippen molar-refractivity contribution >= 4 is 23.5 Å². The Morgan fingerprint density at radius 2 is 1.84 bits per heavy atom. The molecule has 0 radical (unpaired) electrons. The van der Waals surface area contributed by atoms with Gasteiger partial charge in [0.1, 0.15) is 18.2 Å². The first-order valence-electron chi connectivity index (χ1n) is 6.04. The monoisotopic (exact) mass is 251 g/mol. The fourth-order valence-electron chi connectivity index (χ4n) is 2.19. The van der Waals surface area contributed by atoms with E-state index in [4.69, 9.17) is 5.73 Å². The average molecular weight is 251 g/mol. The molecule has 94 valence electrons. The summed E-state index contributed by atoms with van der Waals surface area (Å²) in [6.45, 7) is 0. The van der Waals surface area contributed by atoms with Crippen LogP contribution in [0.15, 0.2) is 53.5 Å². The Morgan fingerprint density at radius 3 is 2.63 bits per heavy atom. The minimum Gasteiger partial charge on any atom is -0.398 e. The van der Waals surface area contributed by atoms with Crippen LogP contribution >= 0.6 is 0 Å². The van der Waals surface area contributed by atoms with Gasteiger partial charge in [0.2, 0.25) is 0 Å². The molecule has 2 aromatic carbocycles. The zero-order valence-corrected chi connectivity index (χ0v) is 10.2. The van der Waals surface area contributed by atoms with Crippen molar-refractivity contribution in [3.8, 4) is 0 Å². The minimum absolute atomic E-state index is 0.386. The molecule has 19 heavy (non-hydrogen) atoms. The second-order valence-electron chi connectivity index (χ2n) is 4.36. The molecule has 0 saturated heterocycles. The number of fused-ring (bicyclic) bond motifs is 1. The number of aldehydes is 1. The number of aliphatic imine (C=N–C) groups is 1. The molecule has 1 heterocycles. The van der Waals surface area contributed by atoms with Gasteiger partial charge in [0, 0.05) is 16.8 Å². The van der Waals surface area contributed by atoms with Gasteiger partial charge >= 0.3 is 0 Å². The first-order valence-corrected chi connectivity index (χ1v) is 6.04. The number of carbonyl (C=O) groups excluding carboxylic acids is 1. The molecule has 4 heteroatoms. The predicted octanol–water partition coefficient (Wildman–Crippen LogP) is 2.19. The molecule has 3 rings (SSSR count). The fraction of sp³-hybridized carbons (Fsp3) is 0.0667. The third-order valence-corrected chi connectivity index (χ3v) is 3.15. The van der Waals surface area contributed by atoms with E-state index in [2.05, 4.69) is 10.3 Å². The van der Waals surface area contributed by atoms with Gasteiger partial charge in [-0.25, -0.2) is 4.99 Å². The van der Waals surface area contributed by atoms with Gasteiger partial charge in [-0.1, -0.05) is 30.3 Å². The number of carbonyl (C=O) groups is 1. The Bertz CT molecular complexity index is 664. The van der Waals surface area contributed by atoms with Crippen LogP contribution in [0.1, 0.15) is 17.2 Å². The van der Waals surface area contributed by atoms with Crippen molar-refractivity contribution < 1.29 is 4.79 Å². The Kier molecular flexibility index (Phi) is 2.76. The molecule has 2 aromatic rings. The third-order valence-electron chi connectivity index (χ3n) is 3.15. The Morgan fingerprint density at radius 1 is 1.11 bits per heavy atom. The molecule has 0 bridgehead atoms. The highest BCUT2D eigenvalue weighted by Gasteiger charge is 2.22. The summed E-state index contributed by atoms with van der Waals surface area (Å²) in [6.07, 6.45) is 0.882. The predicted molar refractivity (Wildman–Crippen MR) is 75.4 cm³/mol. The molecule has 0 amide bonds. The van der Waals surface area contributed by atoms with E-state index in [1.807, 2.05) is 48.5 Å². The highest BCUT2D eigenvalue weighted by Crippen LogP contribution is 2.29. The van der Waals surface area contributed by atoms with Crippen molar-refractivity contribution in [2.24, 2.45) is 4.99 Å². The van der Waals surface area contributed by atoms with E-state index in [1.54, 1.807) is 0 Å². The van der Waals surface area contributed by atoms with E-state index in [0.29, 0.717) is 11.5 Å². The number of hydrogen-bond acceptors (Lipinski definition) is 4. The van der Waals surface area contributed by atoms with Crippen molar-refractivity contribution in [2.75, 3.05) is 5.73 Å². The number of nitrogens with two attached hydrogens (primary N) is 1. The smallest absolute Gasteiger partial charge is 0.146 e. The number of amidine groups is 1. The summed E-state index contributed by atoms with van der Waals surface area (Å²) in [7, 11) is 0. The van der Waals surface area contributed by atoms with Gasteiger partial charge in [-0.2, -0.15) is 0 Å². The minimum atomic E-state index is -0.386. The molecular formula is C15H13N3O. The molecular weight excluding hydrogens is 238 g/mol. The van der Waals surface area contributed by atoms with Crippen LogP contribution in [0, 0.1) is 0 Å². The summed E-state index contributed by atoms with van der Waals surface area (Å²) in [5, 5.41) is 3.12. The number of nitrogen functional groups attached to an aromatic ring is 1. The van der Waals surface area contributed by atoms with Crippen LogP contribution in [0.4, 0.5) is 11.4 Å². The molecule has 0 aliphatic carbocycles. The highest BCUT2D eigenvalue weighted by molar-refractivity contribution is 6.06. The van der Waals surface area contributed by atoms with E-state index in [1.165, 1.54) is 0 Å². The normalized spacial score (nSPS) is 17.1. The number of para-hydroxylation sites is 2. The van der Waals surface area contributed by atoms with Crippen molar-refractivity contribution in [3.05, 3.63) is 59.7 Å². The summed E-state index contributed by atoms with van der Waals surface area (Å²) in [5.74, 6) is 0.633. The largest absolute Gasteiger partial charge is 0.398 e. The molecule has 3 N–H and O–H groups in total. The van der Waals surface area contributed by atoms with Crippen LogP contribution < -0.4 is 11.1 Å². The van der Waals surface area contributed by atoms with E-state index in [0.717, 1.165) is 23.1 Å². The lowest BCUT2D eigenvalue weighted by Gasteiger charge is -2.23. The number of hydrogen-bond donors (Lipinski definition) is 2. The highest BCUT2D eigenvalue weighted by atomic mass is 16.1. The summed E-state index contributed by atoms with van der Waals surface area (Å²) in [5.41, 5.74) is 9.08. The van der Waals surface area contributed by atoms with Crippen LogP contribution in [-0.4, -0.2) is 12.1 Å². The quantitative estimate of drug-likeness (QED) is 0.635. The first kappa shape index (κ1) is 11.5. The molecule has 1 unspecified atom stereocenters. The first-order chi connectivity index (χ1) is 9.29. The number of nitrogens with one attached hydrogen (secondary N) is 1.